The van der Waals surface area contributed by atoms with Gasteiger partial charge in [0.2, 0.25) is 0 Å². The molecule has 1 heterocycles. The summed E-state index contributed by atoms with van der Waals surface area (Å²) in [5.41, 5.74) is -0.716. The Kier molecular flexibility index (Phi) is 4.52. The quantitative estimate of drug-likeness (QED) is 0.713. The van der Waals surface area contributed by atoms with Crippen LogP contribution in [0.1, 0.15) is 33.1 Å². The molecule has 2 atom stereocenters. The lowest BCUT2D eigenvalue weighted by Crippen LogP contribution is -2.44. The van der Waals surface area contributed by atoms with Crippen LogP contribution in [0.5, 0.6) is 0 Å². The van der Waals surface area contributed by atoms with Crippen molar-refractivity contribution in [3.63, 3.8) is 0 Å². The van der Waals surface area contributed by atoms with Crippen LogP contribution >= 0.6 is 0 Å². The monoisotopic (exact) mass is 213 g/mol. The molecule has 15 heavy (non-hydrogen) atoms. The largest absolute Gasteiger partial charge is 0.396 e. The van der Waals surface area contributed by atoms with Crippen molar-refractivity contribution < 1.29 is 14.6 Å². The molecule has 0 aromatic carbocycles. The molecule has 0 aromatic rings. The lowest BCUT2D eigenvalue weighted by atomic mass is 9.89. The zero-order valence-electron chi connectivity index (χ0n) is 9.40. The summed E-state index contributed by atoms with van der Waals surface area (Å²) in [6, 6.07) is 2.25. The van der Waals surface area contributed by atoms with Crippen LogP contribution in [0.15, 0.2) is 0 Å². The number of aliphatic hydroxyl groups excluding tert-OH is 1. The second-order valence-electron chi connectivity index (χ2n) is 4.20. The van der Waals surface area contributed by atoms with Gasteiger partial charge >= 0.3 is 0 Å². The fourth-order valence-corrected chi connectivity index (χ4v) is 2.08. The molecule has 0 aromatic heterocycles. The van der Waals surface area contributed by atoms with E-state index in [9.17, 15) is 5.26 Å². The zero-order valence-corrected chi connectivity index (χ0v) is 9.40. The standard InChI is InChI=1S/C11H19NO3/c1-9-6-11(8-12,7-10(2)15-9)14-5-3-4-13/h9-10,13H,3-7H2,1-2H3. The van der Waals surface area contributed by atoms with Crippen molar-refractivity contribution in [2.75, 3.05) is 13.2 Å². The lowest BCUT2D eigenvalue weighted by Gasteiger charge is -2.37. The van der Waals surface area contributed by atoms with Gasteiger partial charge in [-0.25, -0.2) is 0 Å². The Morgan fingerprint density at radius 3 is 2.53 bits per heavy atom. The van der Waals surface area contributed by atoms with Crippen LogP contribution in [0.25, 0.3) is 0 Å². The molecule has 0 bridgehead atoms. The minimum atomic E-state index is -0.716. The Bertz CT molecular complexity index is 226. The Morgan fingerprint density at radius 2 is 2.07 bits per heavy atom. The van der Waals surface area contributed by atoms with Crippen molar-refractivity contribution >= 4 is 0 Å². The van der Waals surface area contributed by atoms with Gasteiger partial charge in [0.05, 0.1) is 24.9 Å². The molecule has 2 unspecified atom stereocenters. The SMILES string of the molecule is CC1CC(C#N)(OCCCO)CC(C)O1. The molecule has 1 rings (SSSR count). The molecule has 1 fully saturated rings. The minimum Gasteiger partial charge on any atom is -0.396 e. The first-order valence-corrected chi connectivity index (χ1v) is 5.43. The van der Waals surface area contributed by atoms with Crippen molar-refractivity contribution in [3.05, 3.63) is 0 Å². The van der Waals surface area contributed by atoms with Crippen LogP contribution in [-0.4, -0.2) is 36.1 Å². The average Bonchev–Trinajstić information content (AvgIpc) is 2.17. The first-order valence-electron chi connectivity index (χ1n) is 5.43. The Hall–Kier alpha value is -0.630. The molecule has 86 valence electrons. The molecule has 1 aliphatic heterocycles. The third kappa shape index (κ3) is 3.45. The van der Waals surface area contributed by atoms with Gasteiger partial charge in [0.1, 0.15) is 0 Å². The van der Waals surface area contributed by atoms with Crippen LogP contribution in [-0.2, 0) is 9.47 Å². The highest BCUT2D eigenvalue weighted by Crippen LogP contribution is 2.31. The first kappa shape index (κ1) is 12.4. The molecule has 0 spiro atoms. The fourth-order valence-electron chi connectivity index (χ4n) is 2.08. The summed E-state index contributed by atoms with van der Waals surface area (Å²) in [7, 11) is 0. The maximum atomic E-state index is 9.18. The summed E-state index contributed by atoms with van der Waals surface area (Å²) < 4.78 is 11.2. The number of hydrogen-bond donors (Lipinski definition) is 1. The molecular formula is C11H19NO3. The predicted molar refractivity (Wildman–Crippen MR) is 55.2 cm³/mol. The summed E-state index contributed by atoms with van der Waals surface area (Å²) in [4.78, 5) is 0. The molecule has 0 radical (unpaired) electrons. The fraction of sp³-hybridized carbons (Fsp3) is 0.909. The Balaban J connectivity index is 2.55. The molecule has 4 heteroatoms. The Labute approximate surface area is 90.8 Å². The topological polar surface area (TPSA) is 62.5 Å². The average molecular weight is 213 g/mol. The molecule has 0 aliphatic carbocycles. The maximum absolute atomic E-state index is 9.18. The summed E-state index contributed by atoms with van der Waals surface area (Å²) in [5.74, 6) is 0. The first-order chi connectivity index (χ1) is 7.12. The number of ether oxygens (including phenoxy) is 2. The smallest absolute Gasteiger partial charge is 0.159 e. The van der Waals surface area contributed by atoms with E-state index in [1.807, 2.05) is 13.8 Å². The summed E-state index contributed by atoms with van der Waals surface area (Å²) in [6.45, 7) is 4.45. The number of nitrogens with zero attached hydrogens (tertiary/aromatic N) is 1. The van der Waals surface area contributed by atoms with E-state index in [1.165, 1.54) is 0 Å². The molecule has 1 N–H and O–H groups in total. The van der Waals surface area contributed by atoms with Crippen LogP contribution in [0.2, 0.25) is 0 Å². The van der Waals surface area contributed by atoms with E-state index < -0.39 is 5.60 Å². The molecular weight excluding hydrogens is 194 g/mol. The maximum Gasteiger partial charge on any atom is 0.159 e. The van der Waals surface area contributed by atoms with Gasteiger partial charge in [0.25, 0.3) is 0 Å². The van der Waals surface area contributed by atoms with Gasteiger partial charge in [0.15, 0.2) is 5.60 Å². The van der Waals surface area contributed by atoms with Crippen molar-refractivity contribution in [1.29, 1.82) is 5.26 Å². The van der Waals surface area contributed by atoms with Gasteiger partial charge in [-0.3, -0.25) is 0 Å². The summed E-state index contributed by atoms with van der Waals surface area (Å²) in [5, 5.41) is 17.9. The third-order valence-electron chi connectivity index (χ3n) is 2.58. The predicted octanol–water partition coefficient (Wildman–Crippen LogP) is 1.24. The molecule has 0 amide bonds. The molecule has 0 saturated carbocycles. The van der Waals surface area contributed by atoms with Crippen LogP contribution < -0.4 is 0 Å². The van der Waals surface area contributed by atoms with Gasteiger partial charge < -0.3 is 14.6 Å². The van der Waals surface area contributed by atoms with Gasteiger partial charge in [0, 0.05) is 19.4 Å². The van der Waals surface area contributed by atoms with Crippen LogP contribution in [0, 0.1) is 11.3 Å². The number of rotatable bonds is 4. The van der Waals surface area contributed by atoms with E-state index in [0.717, 1.165) is 0 Å². The van der Waals surface area contributed by atoms with Crippen LogP contribution in [0.4, 0.5) is 0 Å². The number of hydrogen-bond acceptors (Lipinski definition) is 4. The van der Waals surface area contributed by atoms with Crippen molar-refractivity contribution in [1.82, 2.24) is 0 Å². The normalized spacial score (nSPS) is 36.1. The summed E-state index contributed by atoms with van der Waals surface area (Å²) >= 11 is 0. The minimum absolute atomic E-state index is 0.0579. The third-order valence-corrected chi connectivity index (χ3v) is 2.58. The van der Waals surface area contributed by atoms with E-state index in [2.05, 4.69) is 6.07 Å². The van der Waals surface area contributed by atoms with E-state index in [0.29, 0.717) is 25.9 Å². The Morgan fingerprint density at radius 1 is 1.47 bits per heavy atom. The van der Waals surface area contributed by atoms with Crippen molar-refractivity contribution in [2.45, 2.75) is 50.9 Å². The lowest BCUT2D eigenvalue weighted by molar-refractivity contribution is -0.135. The molecule has 4 nitrogen and oxygen atoms in total. The number of aliphatic hydroxyl groups is 1. The number of nitriles is 1. The van der Waals surface area contributed by atoms with Crippen molar-refractivity contribution in [2.24, 2.45) is 0 Å². The highest BCUT2D eigenvalue weighted by molar-refractivity contribution is 5.06. The second-order valence-corrected chi connectivity index (χ2v) is 4.20. The van der Waals surface area contributed by atoms with E-state index in [-0.39, 0.29) is 18.8 Å². The van der Waals surface area contributed by atoms with Gasteiger partial charge in [-0.05, 0) is 20.3 Å². The molecule has 1 saturated heterocycles. The highest BCUT2D eigenvalue weighted by atomic mass is 16.5. The van der Waals surface area contributed by atoms with E-state index in [4.69, 9.17) is 14.6 Å². The van der Waals surface area contributed by atoms with Gasteiger partial charge in [-0.2, -0.15) is 5.26 Å². The van der Waals surface area contributed by atoms with Crippen molar-refractivity contribution in [3.8, 4) is 6.07 Å². The van der Waals surface area contributed by atoms with Gasteiger partial charge in [-0.15, -0.1) is 0 Å². The van der Waals surface area contributed by atoms with Crippen LogP contribution in [0.3, 0.4) is 0 Å². The second kappa shape index (κ2) is 5.45. The van der Waals surface area contributed by atoms with E-state index >= 15 is 0 Å². The summed E-state index contributed by atoms with van der Waals surface area (Å²) in [6.07, 6.45) is 1.91. The molecule has 1 aliphatic rings. The highest BCUT2D eigenvalue weighted by Gasteiger charge is 2.39. The zero-order chi connectivity index (χ0) is 11.3. The van der Waals surface area contributed by atoms with E-state index in [1.54, 1.807) is 0 Å². The van der Waals surface area contributed by atoms with Gasteiger partial charge in [-0.1, -0.05) is 0 Å².